The zero-order valence-electron chi connectivity index (χ0n) is 14.6. The van der Waals surface area contributed by atoms with Crippen LogP contribution in [0, 0.1) is 6.92 Å². The van der Waals surface area contributed by atoms with Crippen LogP contribution in [0.25, 0.3) is 0 Å². The predicted molar refractivity (Wildman–Crippen MR) is 99.0 cm³/mol. The minimum atomic E-state index is -3.58. The number of carbonyl (C=O) groups is 1. The van der Waals surface area contributed by atoms with Crippen molar-refractivity contribution in [2.75, 3.05) is 6.54 Å². The third-order valence-corrected chi connectivity index (χ3v) is 5.29. The molecule has 0 aliphatic heterocycles. The molecule has 0 heterocycles. The monoisotopic (exact) mass is 377 g/mol. The molecule has 0 aliphatic carbocycles. The quantitative estimate of drug-likeness (QED) is 0.616. The second-order valence-electron chi connectivity index (χ2n) is 5.94. The van der Waals surface area contributed by atoms with Crippen molar-refractivity contribution in [3.05, 3.63) is 54.1 Å². The molecule has 0 saturated heterocycles. The summed E-state index contributed by atoms with van der Waals surface area (Å²) in [6, 6.07) is 13.8. The maximum Gasteiger partial charge on any atom is 0.303 e. The molecule has 7 heteroatoms. The van der Waals surface area contributed by atoms with Crippen LogP contribution in [0.2, 0.25) is 0 Å². The molecule has 2 aromatic carbocycles. The summed E-state index contributed by atoms with van der Waals surface area (Å²) in [5.74, 6) is 0.452. The number of hydrogen-bond donors (Lipinski definition) is 2. The zero-order valence-corrected chi connectivity index (χ0v) is 15.5. The van der Waals surface area contributed by atoms with Crippen LogP contribution in [0.5, 0.6) is 11.5 Å². The first-order chi connectivity index (χ1) is 12.4. The van der Waals surface area contributed by atoms with Gasteiger partial charge in [0.05, 0.1) is 4.90 Å². The summed E-state index contributed by atoms with van der Waals surface area (Å²) < 4.78 is 32.8. The van der Waals surface area contributed by atoms with Gasteiger partial charge >= 0.3 is 5.97 Å². The number of unbranched alkanes of at least 4 members (excludes halogenated alkanes) is 2. The van der Waals surface area contributed by atoms with Gasteiger partial charge in [0.15, 0.2) is 0 Å². The first-order valence-electron chi connectivity index (χ1n) is 8.43. The summed E-state index contributed by atoms with van der Waals surface area (Å²) in [4.78, 5) is 10.6. The first kappa shape index (κ1) is 19.9. The van der Waals surface area contributed by atoms with Gasteiger partial charge in [0.2, 0.25) is 10.0 Å². The molecule has 0 amide bonds. The number of aryl methyl sites for hydroxylation is 1. The molecule has 2 N–H and O–H groups in total. The highest BCUT2D eigenvalue weighted by molar-refractivity contribution is 7.89. The normalized spacial score (nSPS) is 11.3. The van der Waals surface area contributed by atoms with Gasteiger partial charge in [-0.2, -0.15) is 0 Å². The van der Waals surface area contributed by atoms with Gasteiger partial charge in [0.1, 0.15) is 11.5 Å². The van der Waals surface area contributed by atoms with Crippen molar-refractivity contribution in [3.63, 3.8) is 0 Å². The van der Waals surface area contributed by atoms with E-state index < -0.39 is 16.0 Å². The number of nitrogens with one attached hydrogen (secondary N) is 1. The van der Waals surface area contributed by atoms with Crippen molar-refractivity contribution < 1.29 is 23.1 Å². The Morgan fingerprint density at radius 2 is 1.73 bits per heavy atom. The Kier molecular flexibility index (Phi) is 7.17. The summed E-state index contributed by atoms with van der Waals surface area (Å²) in [6.07, 6.45) is 1.91. The summed E-state index contributed by atoms with van der Waals surface area (Å²) in [5, 5.41) is 8.56. The Balaban J connectivity index is 1.88. The molecule has 0 bridgehead atoms. The summed E-state index contributed by atoms with van der Waals surface area (Å²) in [6.45, 7) is 2.22. The van der Waals surface area contributed by atoms with Gasteiger partial charge in [-0.3, -0.25) is 4.79 Å². The minimum Gasteiger partial charge on any atom is -0.481 e. The Bertz CT molecular complexity index is 831. The van der Waals surface area contributed by atoms with Gasteiger partial charge in [-0.25, -0.2) is 13.1 Å². The van der Waals surface area contributed by atoms with Crippen molar-refractivity contribution in [2.45, 2.75) is 37.5 Å². The van der Waals surface area contributed by atoms with E-state index in [2.05, 4.69) is 4.72 Å². The lowest BCUT2D eigenvalue weighted by molar-refractivity contribution is -0.137. The van der Waals surface area contributed by atoms with Gasteiger partial charge in [-0.1, -0.05) is 24.6 Å². The van der Waals surface area contributed by atoms with Crippen molar-refractivity contribution >= 4 is 16.0 Å². The first-order valence-corrected chi connectivity index (χ1v) is 9.92. The van der Waals surface area contributed by atoms with Crippen LogP contribution in [0.3, 0.4) is 0 Å². The van der Waals surface area contributed by atoms with E-state index in [0.29, 0.717) is 25.0 Å². The van der Waals surface area contributed by atoms with Crippen LogP contribution in [-0.4, -0.2) is 26.0 Å². The Morgan fingerprint density at radius 1 is 1.04 bits per heavy atom. The van der Waals surface area contributed by atoms with Crippen LogP contribution in [-0.2, 0) is 14.8 Å². The molecule has 26 heavy (non-hydrogen) atoms. The lowest BCUT2D eigenvalue weighted by Crippen LogP contribution is -2.24. The van der Waals surface area contributed by atoms with Crippen molar-refractivity contribution in [3.8, 4) is 11.5 Å². The number of rotatable bonds is 10. The number of sulfonamides is 1. The third kappa shape index (κ3) is 6.16. The molecule has 0 unspecified atom stereocenters. The molecule has 0 fully saturated rings. The molecule has 0 atom stereocenters. The van der Waals surface area contributed by atoms with E-state index in [9.17, 15) is 13.2 Å². The second kappa shape index (κ2) is 9.35. The molecule has 0 aromatic heterocycles. The summed E-state index contributed by atoms with van der Waals surface area (Å²) in [5.41, 5.74) is 0.994. The fraction of sp³-hybridized carbons (Fsp3) is 0.316. The van der Waals surface area contributed by atoms with E-state index in [4.69, 9.17) is 9.84 Å². The van der Waals surface area contributed by atoms with Crippen LogP contribution >= 0.6 is 0 Å². The molecule has 2 aromatic rings. The summed E-state index contributed by atoms with van der Waals surface area (Å²) in [7, 11) is -3.58. The van der Waals surface area contributed by atoms with Crippen LogP contribution in [0.4, 0.5) is 0 Å². The number of para-hydroxylation sites is 1. The molecule has 2 rings (SSSR count). The largest absolute Gasteiger partial charge is 0.481 e. The number of hydrogen-bond acceptors (Lipinski definition) is 4. The lowest BCUT2D eigenvalue weighted by Gasteiger charge is -2.10. The van der Waals surface area contributed by atoms with Gasteiger partial charge in [-0.05, 0) is 55.7 Å². The molecule has 0 aliphatic rings. The van der Waals surface area contributed by atoms with Crippen molar-refractivity contribution in [2.24, 2.45) is 0 Å². The standard InChI is InChI=1S/C19H23NO5S/c1-15-7-4-5-8-18(15)25-16-10-12-17(13-11-16)26(23,24)20-14-6-2-3-9-19(21)22/h4-5,7-8,10-13,20H,2-3,6,9,14H2,1H3,(H,21,22). The maximum absolute atomic E-state index is 12.3. The Labute approximate surface area is 153 Å². The van der Waals surface area contributed by atoms with E-state index in [1.807, 2.05) is 31.2 Å². The van der Waals surface area contributed by atoms with E-state index in [1.165, 1.54) is 12.1 Å². The topological polar surface area (TPSA) is 92.7 Å². The average Bonchev–Trinajstić information content (AvgIpc) is 2.60. The highest BCUT2D eigenvalue weighted by atomic mass is 32.2. The SMILES string of the molecule is Cc1ccccc1Oc1ccc(S(=O)(=O)NCCCCCC(=O)O)cc1. The average molecular weight is 377 g/mol. The number of carboxylic acid groups (broad SMARTS) is 1. The molecule has 6 nitrogen and oxygen atoms in total. The molecule has 140 valence electrons. The Hall–Kier alpha value is -2.38. The van der Waals surface area contributed by atoms with Crippen LogP contribution in [0.15, 0.2) is 53.4 Å². The van der Waals surface area contributed by atoms with Gasteiger partial charge < -0.3 is 9.84 Å². The molecule has 0 spiro atoms. The number of carboxylic acids is 1. The van der Waals surface area contributed by atoms with E-state index >= 15 is 0 Å². The number of ether oxygens (including phenoxy) is 1. The Morgan fingerprint density at radius 3 is 2.38 bits per heavy atom. The third-order valence-electron chi connectivity index (χ3n) is 3.81. The maximum atomic E-state index is 12.3. The van der Waals surface area contributed by atoms with Crippen LogP contribution < -0.4 is 9.46 Å². The van der Waals surface area contributed by atoms with E-state index in [0.717, 1.165) is 11.3 Å². The highest BCUT2D eigenvalue weighted by Gasteiger charge is 2.13. The highest BCUT2D eigenvalue weighted by Crippen LogP contribution is 2.25. The number of benzene rings is 2. The van der Waals surface area contributed by atoms with E-state index in [-0.39, 0.29) is 17.9 Å². The van der Waals surface area contributed by atoms with Crippen LogP contribution in [0.1, 0.15) is 31.2 Å². The molecular weight excluding hydrogens is 354 g/mol. The molecule has 0 saturated carbocycles. The molecule has 0 radical (unpaired) electrons. The second-order valence-corrected chi connectivity index (χ2v) is 7.71. The fourth-order valence-corrected chi connectivity index (χ4v) is 3.43. The number of aliphatic carboxylic acids is 1. The van der Waals surface area contributed by atoms with Gasteiger partial charge in [0, 0.05) is 13.0 Å². The van der Waals surface area contributed by atoms with Gasteiger partial charge in [-0.15, -0.1) is 0 Å². The lowest BCUT2D eigenvalue weighted by atomic mass is 10.2. The molecular formula is C19H23NO5S. The zero-order chi connectivity index (χ0) is 19.0. The fourth-order valence-electron chi connectivity index (χ4n) is 2.35. The smallest absolute Gasteiger partial charge is 0.303 e. The van der Waals surface area contributed by atoms with Crippen molar-refractivity contribution in [1.82, 2.24) is 4.72 Å². The van der Waals surface area contributed by atoms with E-state index in [1.54, 1.807) is 12.1 Å². The van der Waals surface area contributed by atoms with Crippen molar-refractivity contribution in [1.29, 1.82) is 0 Å². The summed E-state index contributed by atoms with van der Waals surface area (Å²) >= 11 is 0. The minimum absolute atomic E-state index is 0.106. The predicted octanol–water partition coefficient (Wildman–Crippen LogP) is 3.71. The van der Waals surface area contributed by atoms with Gasteiger partial charge in [0.25, 0.3) is 0 Å².